The summed E-state index contributed by atoms with van der Waals surface area (Å²) in [5, 5.41) is 11.8. The minimum Gasteiger partial charge on any atom is -0.478 e. The summed E-state index contributed by atoms with van der Waals surface area (Å²) in [5.74, 6) is -1.50. The van der Waals surface area contributed by atoms with E-state index in [2.05, 4.69) is 5.32 Å². The largest absolute Gasteiger partial charge is 0.478 e. The van der Waals surface area contributed by atoms with Crippen molar-refractivity contribution in [3.05, 3.63) is 64.7 Å². The molecule has 2 N–H and O–H groups in total. The van der Waals surface area contributed by atoms with Crippen LogP contribution in [0.25, 0.3) is 0 Å². The Hall–Kier alpha value is -3.15. The number of likely N-dealkylation sites (tertiary alicyclic amines) is 1. The highest BCUT2D eigenvalue weighted by Gasteiger charge is 2.29. The van der Waals surface area contributed by atoms with Crippen molar-refractivity contribution in [2.24, 2.45) is 5.92 Å². The van der Waals surface area contributed by atoms with Crippen LogP contribution in [0.15, 0.2) is 42.5 Å². The molecule has 1 atom stereocenters. The second kappa shape index (κ2) is 8.25. The number of anilines is 1. The first kappa shape index (κ1) is 19.6. The lowest BCUT2D eigenvalue weighted by atomic mass is 9.96. The van der Waals surface area contributed by atoms with Crippen molar-refractivity contribution >= 4 is 23.5 Å². The number of hydrogen-bond donors (Lipinski definition) is 2. The molecular weight excluding hydrogens is 356 g/mol. The van der Waals surface area contributed by atoms with Crippen LogP contribution in [-0.2, 0) is 4.79 Å². The lowest BCUT2D eigenvalue weighted by molar-refractivity contribution is -0.121. The fourth-order valence-corrected chi connectivity index (χ4v) is 3.60. The van der Waals surface area contributed by atoms with E-state index in [1.54, 1.807) is 17.0 Å². The summed E-state index contributed by atoms with van der Waals surface area (Å²) in [4.78, 5) is 38.2. The van der Waals surface area contributed by atoms with Crippen molar-refractivity contribution in [2.75, 3.05) is 18.4 Å². The minimum atomic E-state index is -1.01. The Balaban J connectivity index is 1.65. The third kappa shape index (κ3) is 4.57. The highest BCUT2D eigenvalue weighted by atomic mass is 16.4. The average molecular weight is 380 g/mol. The maximum absolute atomic E-state index is 12.9. The normalized spacial score (nSPS) is 16.5. The number of hydrogen-bond acceptors (Lipinski definition) is 3. The smallest absolute Gasteiger partial charge is 0.335 e. The van der Waals surface area contributed by atoms with Crippen LogP contribution in [0.4, 0.5) is 5.69 Å². The van der Waals surface area contributed by atoms with Gasteiger partial charge in [-0.1, -0.05) is 17.2 Å². The van der Waals surface area contributed by atoms with Crippen LogP contribution < -0.4 is 5.32 Å². The zero-order valence-corrected chi connectivity index (χ0v) is 16.1. The SMILES string of the molecule is Cc1cc(C)cc(C(=O)N2CCCC(C(=O)Nc3ccc(C(=O)O)cc3)C2)c1. The molecule has 1 aliphatic heterocycles. The number of aromatic carboxylic acids is 1. The Bertz CT molecular complexity index is 885. The average Bonchev–Trinajstić information content (AvgIpc) is 2.67. The number of piperidine rings is 1. The molecule has 3 rings (SSSR count). The predicted octanol–water partition coefficient (Wildman–Crippen LogP) is 3.49. The van der Waals surface area contributed by atoms with Crippen molar-refractivity contribution in [1.82, 2.24) is 4.90 Å². The van der Waals surface area contributed by atoms with E-state index in [4.69, 9.17) is 5.11 Å². The molecule has 1 saturated heterocycles. The standard InChI is InChI=1S/C22H24N2O4/c1-14-10-15(2)12-18(11-14)21(26)24-9-3-4-17(13-24)20(25)23-19-7-5-16(6-8-19)22(27)28/h5-8,10-12,17H,3-4,9,13H2,1-2H3,(H,23,25)(H,27,28). The van der Waals surface area contributed by atoms with Gasteiger partial charge in [0.1, 0.15) is 0 Å². The zero-order chi connectivity index (χ0) is 20.3. The number of benzene rings is 2. The van der Waals surface area contributed by atoms with Crippen molar-refractivity contribution in [1.29, 1.82) is 0 Å². The summed E-state index contributed by atoms with van der Waals surface area (Å²) >= 11 is 0. The second-order valence-corrected chi connectivity index (χ2v) is 7.34. The van der Waals surface area contributed by atoms with Crippen molar-refractivity contribution < 1.29 is 19.5 Å². The van der Waals surface area contributed by atoms with Gasteiger partial charge in [0, 0.05) is 24.3 Å². The zero-order valence-electron chi connectivity index (χ0n) is 16.1. The van der Waals surface area contributed by atoms with Gasteiger partial charge in [0.05, 0.1) is 11.5 Å². The summed E-state index contributed by atoms with van der Waals surface area (Å²) in [5.41, 5.74) is 3.45. The number of carboxylic acid groups (broad SMARTS) is 1. The van der Waals surface area contributed by atoms with Crippen molar-refractivity contribution in [2.45, 2.75) is 26.7 Å². The molecule has 0 saturated carbocycles. The molecule has 2 aromatic rings. The number of aryl methyl sites for hydroxylation is 2. The van der Waals surface area contributed by atoms with Crippen LogP contribution >= 0.6 is 0 Å². The summed E-state index contributed by atoms with van der Waals surface area (Å²) in [7, 11) is 0. The fraction of sp³-hybridized carbons (Fsp3) is 0.318. The van der Waals surface area contributed by atoms with E-state index >= 15 is 0 Å². The molecule has 1 fully saturated rings. The molecule has 6 nitrogen and oxygen atoms in total. The molecule has 1 unspecified atom stereocenters. The Labute approximate surface area is 164 Å². The highest BCUT2D eigenvalue weighted by molar-refractivity contribution is 5.97. The molecule has 0 aliphatic carbocycles. The molecule has 2 amide bonds. The lowest BCUT2D eigenvalue weighted by Crippen LogP contribution is -2.43. The van der Waals surface area contributed by atoms with Gasteiger partial charge in [-0.05, 0) is 63.1 Å². The molecule has 1 aliphatic rings. The van der Waals surface area contributed by atoms with E-state index in [1.165, 1.54) is 12.1 Å². The third-order valence-corrected chi connectivity index (χ3v) is 4.95. The topological polar surface area (TPSA) is 86.7 Å². The molecule has 0 radical (unpaired) electrons. The number of amides is 2. The monoisotopic (exact) mass is 380 g/mol. The summed E-state index contributed by atoms with van der Waals surface area (Å²) in [6.07, 6.45) is 1.49. The molecule has 0 spiro atoms. The van der Waals surface area contributed by atoms with Gasteiger partial charge < -0.3 is 15.3 Å². The Morgan fingerprint density at radius 1 is 1.00 bits per heavy atom. The molecule has 146 valence electrons. The van der Waals surface area contributed by atoms with Crippen LogP contribution in [0.3, 0.4) is 0 Å². The molecule has 0 aromatic heterocycles. The van der Waals surface area contributed by atoms with E-state index in [0.29, 0.717) is 24.3 Å². The van der Waals surface area contributed by atoms with Gasteiger partial charge in [0.25, 0.3) is 5.91 Å². The number of nitrogens with zero attached hydrogens (tertiary/aromatic N) is 1. The minimum absolute atomic E-state index is 0.0462. The van der Waals surface area contributed by atoms with E-state index in [1.807, 2.05) is 32.0 Å². The van der Waals surface area contributed by atoms with E-state index in [-0.39, 0.29) is 23.3 Å². The first-order valence-electron chi connectivity index (χ1n) is 9.35. The highest BCUT2D eigenvalue weighted by Crippen LogP contribution is 2.21. The maximum Gasteiger partial charge on any atom is 0.335 e. The van der Waals surface area contributed by atoms with Crippen LogP contribution in [0.5, 0.6) is 0 Å². The van der Waals surface area contributed by atoms with E-state index < -0.39 is 5.97 Å². The molecule has 1 heterocycles. The Kier molecular flexibility index (Phi) is 5.78. The van der Waals surface area contributed by atoms with Crippen molar-refractivity contribution in [3.63, 3.8) is 0 Å². The molecule has 6 heteroatoms. The number of rotatable bonds is 4. The first-order valence-corrected chi connectivity index (χ1v) is 9.35. The van der Waals surface area contributed by atoms with Crippen LogP contribution in [0.2, 0.25) is 0 Å². The Morgan fingerprint density at radius 2 is 1.64 bits per heavy atom. The van der Waals surface area contributed by atoms with Gasteiger partial charge >= 0.3 is 5.97 Å². The number of carboxylic acids is 1. The number of nitrogens with one attached hydrogen (secondary N) is 1. The lowest BCUT2D eigenvalue weighted by Gasteiger charge is -2.32. The van der Waals surface area contributed by atoms with E-state index in [0.717, 1.165) is 24.0 Å². The first-order chi connectivity index (χ1) is 13.3. The van der Waals surface area contributed by atoms with E-state index in [9.17, 15) is 14.4 Å². The fourth-order valence-electron chi connectivity index (χ4n) is 3.60. The maximum atomic E-state index is 12.9. The van der Waals surface area contributed by atoms with Gasteiger partial charge in [-0.3, -0.25) is 9.59 Å². The van der Waals surface area contributed by atoms with Gasteiger partial charge in [-0.15, -0.1) is 0 Å². The molecular formula is C22H24N2O4. The molecule has 0 bridgehead atoms. The quantitative estimate of drug-likeness (QED) is 0.850. The summed E-state index contributed by atoms with van der Waals surface area (Å²) in [6, 6.07) is 11.8. The summed E-state index contributed by atoms with van der Waals surface area (Å²) in [6.45, 7) is 4.95. The van der Waals surface area contributed by atoms with Crippen molar-refractivity contribution in [3.8, 4) is 0 Å². The molecule has 28 heavy (non-hydrogen) atoms. The van der Waals surface area contributed by atoms with Crippen LogP contribution in [0.1, 0.15) is 44.7 Å². The van der Waals surface area contributed by atoms with Gasteiger partial charge in [0.2, 0.25) is 5.91 Å². The number of carbonyl (C=O) groups excluding carboxylic acids is 2. The van der Waals surface area contributed by atoms with Gasteiger partial charge in [-0.2, -0.15) is 0 Å². The van der Waals surface area contributed by atoms with Crippen LogP contribution in [-0.4, -0.2) is 40.9 Å². The summed E-state index contributed by atoms with van der Waals surface area (Å²) < 4.78 is 0. The third-order valence-electron chi connectivity index (χ3n) is 4.95. The van der Waals surface area contributed by atoms with Gasteiger partial charge in [-0.25, -0.2) is 4.79 Å². The molecule has 2 aromatic carbocycles. The second-order valence-electron chi connectivity index (χ2n) is 7.34. The van der Waals surface area contributed by atoms with Gasteiger partial charge in [0.15, 0.2) is 0 Å². The predicted molar refractivity (Wildman–Crippen MR) is 107 cm³/mol. The Morgan fingerprint density at radius 3 is 2.25 bits per heavy atom. The number of carbonyl (C=O) groups is 3. The van der Waals surface area contributed by atoms with Crippen LogP contribution in [0, 0.1) is 19.8 Å².